The van der Waals surface area contributed by atoms with E-state index in [0.29, 0.717) is 23.1 Å². The molecule has 1 aromatic carbocycles. The number of anilines is 1. The number of methoxy groups -OCH3 is 3. The summed E-state index contributed by atoms with van der Waals surface area (Å²) in [6.07, 6.45) is 2.92. The maximum absolute atomic E-state index is 12.0. The number of fused-ring (bicyclic) bond motifs is 1. The molecule has 0 atom stereocenters. The molecule has 7 heteroatoms. The van der Waals surface area contributed by atoms with E-state index in [1.807, 2.05) is 12.1 Å². The smallest absolute Gasteiger partial charge is 0.347 e. The topological polar surface area (TPSA) is 85.5 Å². The number of aromatic amines is 1. The predicted octanol–water partition coefficient (Wildman–Crippen LogP) is 2.21. The van der Waals surface area contributed by atoms with Crippen LogP contribution in [0.5, 0.6) is 17.2 Å². The molecule has 1 aliphatic rings. The summed E-state index contributed by atoms with van der Waals surface area (Å²) < 4.78 is 16.2. The van der Waals surface area contributed by atoms with Crippen LogP contribution in [0.15, 0.2) is 16.9 Å². The molecule has 0 radical (unpaired) electrons. The minimum absolute atomic E-state index is 0.382. The highest BCUT2D eigenvalue weighted by atomic mass is 16.5. The standard InChI is InChI=1S/C17H21N3O4/c1-22-12-8-10(9-13(23-2)15(12)24-3)14-11-6-4-5-7-18-16(11)20-17(21)19-14/h8-9H,4-7H2,1-3H3,(H2,18,19,20,21). The number of nitrogens with zero attached hydrogens (tertiary/aromatic N) is 1. The van der Waals surface area contributed by atoms with Crippen LogP contribution in [0.3, 0.4) is 0 Å². The molecule has 0 fully saturated rings. The van der Waals surface area contributed by atoms with Gasteiger partial charge in [0.2, 0.25) is 5.75 Å². The summed E-state index contributed by atoms with van der Waals surface area (Å²) in [4.78, 5) is 18.9. The quantitative estimate of drug-likeness (QED) is 0.893. The number of aromatic nitrogens is 2. The van der Waals surface area contributed by atoms with Gasteiger partial charge in [-0.2, -0.15) is 4.98 Å². The highest BCUT2D eigenvalue weighted by Crippen LogP contribution is 2.42. The van der Waals surface area contributed by atoms with Crippen LogP contribution in [0.1, 0.15) is 18.4 Å². The van der Waals surface area contributed by atoms with Gasteiger partial charge < -0.3 is 24.5 Å². The SMILES string of the molecule is COc1cc(-c2[nH]c(=O)nc3c2CCCCN3)cc(OC)c1OC. The first-order valence-electron chi connectivity index (χ1n) is 7.85. The molecule has 3 rings (SSSR count). The third-order valence-corrected chi connectivity index (χ3v) is 4.13. The van der Waals surface area contributed by atoms with Crippen LogP contribution in [0.25, 0.3) is 11.3 Å². The Morgan fingerprint density at radius 3 is 2.38 bits per heavy atom. The van der Waals surface area contributed by atoms with Gasteiger partial charge in [-0.15, -0.1) is 0 Å². The zero-order valence-corrected chi connectivity index (χ0v) is 14.1. The van der Waals surface area contributed by atoms with Gasteiger partial charge in [0.1, 0.15) is 5.82 Å². The molecule has 24 heavy (non-hydrogen) atoms. The first-order chi connectivity index (χ1) is 11.7. The molecule has 1 aromatic heterocycles. The molecule has 1 aliphatic heterocycles. The van der Waals surface area contributed by atoms with Crippen LogP contribution in [0, 0.1) is 0 Å². The number of hydrogen-bond donors (Lipinski definition) is 2. The fourth-order valence-electron chi connectivity index (χ4n) is 2.99. The van der Waals surface area contributed by atoms with Crippen LogP contribution in [0.4, 0.5) is 5.82 Å². The Hall–Kier alpha value is -2.70. The van der Waals surface area contributed by atoms with Gasteiger partial charge in [-0.1, -0.05) is 0 Å². The Labute approximate surface area is 140 Å². The summed E-state index contributed by atoms with van der Waals surface area (Å²) in [5, 5.41) is 3.24. The molecule has 0 aliphatic carbocycles. The fourth-order valence-corrected chi connectivity index (χ4v) is 2.99. The number of benzene rings is 1. The Morgan fingerprint density at radius 1 is 1.04 bits per heavy atom. The van der Waals surface area contributed by atoms with Gasteiger partial charge in [-0.25, -0.2) is 4.79 Å². The van der Waals surface area contributed by atoms with E-state index >= 15 is 0 Å². The number of rotatable bonds is 4. The van der Waals surface area contributed by atoms with Gasteiger partial charge >= 0.3 is 5.69 Å². The van der Waals surface area contributed by atoms with Gasteiger partial charge in [-0.3, -0.25) is 0 Å². The van der Waals surface area contributed by atoms with Crippen molar-refractivity contribution in [2.24, 2.45) is 0 Å². The average molecular weight is 331 g/mol. The number of H-pyrrole nitrogens is 1. The molecule has 0 amide bonds. The summed E-state index contributed by atoms with van der Waals surface area (Å²) in [5.41, 5.74) is 2.15. The van der Waals surface area contributed by atoms with Gasteiger partial charge in [0.15, 0.2) is 11.5 Å². The fraction of sp³-hybridized carbons (Fsp3) is 0.412. The summed E-state index contributed by atoms with van der Waals surface area (Å²) in [7, 11) is 4.70. The lowest BCUT2D eigenvalue weighted by Gasteiger charge is -2.16. The van der Waals surface area contributed by atoms with E-state index < -0.39 is 0 Å². The van der Waals surface area contributed by atoms with Crippen LogP contribution >= 0.6 is 0 Å². The first kappa shape index (κ1) is 16.2. The van der Waals surface area contributed by atoms with Crippen molar-refractivity contribution in [2.45, 2.75) is 19.3 Å². The van der Waals surface area contributed by atoms with Gasteiger partial charge in [0, 0.05) is 17.7 Å². The molecule has 7 nitrogen and oxygen atoms in total. The van der Waals surface area contributed by atoms with Crippen molar-refractivity contribution in [3.8, 4) is 28.5 Å². The summed E-state index contributed by atoms with van der Waals surface area (Å²) in [5.74, 6) is 2.25. The van der Waals surface area contributed by atoms with Crippen molar-refractivity contribution in [1.82, 2.24) is 9.97 Å². The van der Waals surface area contributed by atoms with E-state index in [-0.39, 0.29) is 5.69 Å². The lowest BCUT2D eigenvalue weighted by Crippen LogP contribution is -2.17. The van der Waals surface area contributed by atoms with Crippen molar-refractivity contribution >= 4 is 5.82 Å². The summed E-state index contributed by atoms with van der Waals surface area (Å²) in [6.45, 7) is 0.818. The molecule has 2 aromatic rings. The largest absolute Gasteiger partial charge is 0.493 e. The van der Waals surface area contributed by atoms with E-state index in [1.54, 1.807) is 21.3 Å². The molecule has 0 unspecified atom stereocenters. The minimum Gasteiger partial charge on any atom is -0.493 e. The third kappa shape index (κ3) is 2.89. The van der Waals surface area contributed by atoms with E-state index in [4.69, 9.17) is 14.2 Å². The first-order valence-corrected chi connectivity index (χ1v) is 7.85. The number of ether oxygens (including phenoxy) is 3. The monoisotopic (exact) mass is 331 g/mol. The molecule has 0 saturated heterocycles. The Balaban J connectivity index is 2.22. The second-order valence-electron chi connectivity index (χ2n) is 5.54. The zero-order chi connectivity index (χ0) is 17.1. The molecule has 2 heterocycles. The van der Waals surface area contributed by atoms with Crippen LogP contribution in [0.2, 0.25) is 0 Å². The molecule has 2 N–H and O–H groups in total. The number of hydrogen-bond acceptors (Lipinski definition) is 6. The summed E-state index contributed by atoms with van der Waals surface area (Å²) in [6, 6.07) is 3.66. The second-order valence-corrected chi connectivity index (χ2v) is 5.54. The maximum atomic E-state index is 12.0. The van der Waals surface area contributed by atoms with Crippen LogP contribution in [-0.2, 0) is 6.42 Å². The van der Waals surface area contributed by atoms with Gasteiger partial charge in [0.05, 0.1) is 27.0 Å². The lowest BCUT2D eigenvalue weighted by atomic mass is 10.0. The Morgan fingerprint density at radius 2 is 1.75 bits per heavy atom. The highest BCUT2D eigenvalue weighted by molar-refractivity contribution is 5.73. The molecule has 0 saturated carbocycles. The summed E-state index contributed by atoms with van der Waals surface area (Å²) >= 11 is 0. The van der Waals surface area contributed by atoms with E-state index in [0.717, 1.165) is 42.6 Å². The van der Waals surface area contributed by atoms with E-state index in [1.165, 1.54) is 0 Å². The molecular formula is C17H21N3O4. The predicted molar refractivity (Wildman–Crippen MR) is 91.4 cm³/mol. The van der Waals surface area contributed by atoms with Crippen molar-refractivity contribution in [1.29, 1.82) is 0 Å². The van der Waals surface area contributed by atoms with Crippen LogP contribution < -0.4 is 25.2 Å². The molecule has 128 valence electrons. The van der Waals surface area contributed by atoms with Crippen LogP contribution in [-0.4, -0.2) is 37.8 Å². The molecule has 0 bridgehead atoms. The Kier molecular flexibility index (Phi) is 4.59. The average Bonchev–Trinajstić information content (AvgIpc) is 2.84. The normalized spacial score (nSPS) is 13.5. The number of nitrogens with one attached hydrogen (secondary N) is 2. The van der Waals surface area contributed by atoms with E-state index in [9.17, 15) is 4.79 Å². The maximum Gasteiger partial charge on any atom is 0.347 e. The van der Waals surface area contributed by atoms with Crippen molar-refractivity contribution in [3.63, 3.8) is 0 Å². The minimum atomic E-state index is -0.382. The van der Waals surface area contributed by atoms with Crippen molar-refractivity contribution in [2.75, 3.05) is 33.2 Å². The lowest BCUT2D eigenvalue weighted by molar-refractivity contribution is 0.324. The molecule has 0 spiro atoms. The third-order valence-electron chi connectivity index (χ3n) is 4.13. The second kappa shape index (κ2) is 6.82. The van der Waals surface area contributed by atoms with Gasteiger partial charge in [0.25, 0.3) is 0 Å². The van der Waals surface area contributed by atoms with E-state index in [2.05, 4.69) is 15.3 Å². The van der Waals surface area contributed by atoms with Gasteiger partial charge in [-0.05, 0) is 31.4 Å². The Bertz CT molecular complexity index is 776. The molecular weight excluding hydrogens is 310 g/mol. The highest BCUT2D eigenvalue weighted by Gasteiger charge is 2.20. The van der Waals surface area contributed by atoms with Crippen molar-refractivity contribution in [3.05, 3.63) is 28.2 Å². The zero-order valence-electron chi connectivity index (χ0n) is 14.1. The van der Waals surface area contributed by atoms with Crippen molar-refractivity contribution < 1.29 is 14.2 Å².